The highest BCUT2D eigenvalue weighted by molar-refractivity contribution is 5.92. The van der Waals surface area contributed by atoms with E-state index in [-0.39, 0.29) is 11.5 Å². The third-order valence-corrected chi connectivity index (χ3v) is 2.14. The molecule has 0 aliphatic carbocycles. The van der Waals surface area contributed by atoms with Crippen molar-refractivity contribution in [3.8, 4) is 0 Å². The van der Waals surface area contributed by atoms with Gasteiger partial charge in [0, 0.05) is 0 Å². The summed E-state index contributed by atoms with van der Waals surface area (Å²) in [4.78, 5) is 22.1. The van der Waals surface area contributed by atoms with E-state index in [1.165, 1.54) is 21.0 Å². The Balaban J connectivity index is 3.24. The average Bonchev–Trinajstić information content (AvgIpc) is 2.59. The number of aromatic nitrogens is 3. The lowest BCUT2D eigenvalue weighted by molar-refractivity contribution is -0.146. The van der Waals surface area contributed by atoms with Crippen molar-refractivity contribution in [2.75, 3.05) is 12.8 Å². The molecule has 16 heavy (non-hydrogen) atoms. The number of esters is 1. The zero-order chi connectivity index (χ0) is 12.5. The number of anilines is 1. The number of carbonyl (C=O) groups excluding carboxylic acids is 1. The van der Waals surface area contributed by atoms with E-state index in [9.17, 15) is 9.59 Å². The van der Waals surface area contributed by atoms with Gasteiger partial charge in [-0.2, -0.15) is 0 Å². The summed E-state index contributed by atoms with van der Waals surface area (Å²) >= 11 is 0. The largest absolute Gasteiger partial charge is 0.479 e. The number of aliphatic carboxylic acids is 1. The van der Waals surface area contributed by atoms with Gasteiger partial charge >= 0.3 is 11.9 Å². The maximum atomic E-state index is 11.2. The van der Waals surface area contributed by atoms with Crippen LogP contribution in [0.4, 0.5) is 5.82 Å². The molecule has 1 heterocycles. The molecule has 0 unspecified atom stereocenters. The third kappa shape index (κ3) is 1.69. The Morgan fingerprint density at radius 1 is 1.50 bits per heavy atom. The first-order chi connectivity index (χ1) is 7.32. The highest BCUT2D eigenvalue weighted by Crippen LogP contribution is 2.20. The number of carbonyl (C=O) groups is 2. The first-order valence-electron chi connectivity index (χ1n) is 4.35. The fourth-order valence-corrected chi connectivity index (χ4v) is 1.03. The molecule has 0 aromatic carbocycles. The Kier molecular flexibility index (Phi) is 2.84. The molecule has 0 atom stereocenters. The number of rotatable bonds is 3. The van der Waals surface area contributed by atoms with Crippen LogP contribution in [0.25, 0.3) is 0 Å². The van der Waals surface area contributed by atoms with Crippen molar-refractivity contribution in [1.29, 1.82) is 0 Å². The lowest BCUT2D eigenvalue weighted by Crippen LogP contribution is -2.37. The minimum atomic E-state index is -1.39. The second-order valence-electron chi connectivity index (χ2n) is 3.59. The second kappa shape index (κ2) is 3.80. The van der Waals surface area contributed by atoms with Crippen LogP contribution in [-0.2, 0) is 15.1 Å². The van der Waals surface area contributed by atoms with Crippen LogP contribution in [0.3, 0.4) is 0 Å². The van der Waals surface area contributed by atoms with E-state index in [4.69, 9.17) is 10.8 Å². The Labute approximate surface area is 91.0 Å². The molecule has 1 aromatic rings. The van der Waals surface area contributed by atoms with Crippen molar-refractivity contribution in [2.24, 2.45) is 0 Å². The molecule has 0 spiro atoms. The van der Waals surface area contributed by atoms with Crippen molar-refractivity contribution < 1.29 is 19.4 Å². The van der Waals surface area contributed by atoms with Gasteiger partial charge < -0.3 is 15.6 Å². The monoisotopic (exact) mass is 228 g/mol. The summed E-state index contributed by atoms with van der Waals surface area (Å²) in [6, 6.07) is 0. The maximum Gasteiger partial charge on any atom is 0.362 e. The molecule has 0 bridgehead atoms. The Morgan fingerprint density at radius 2 is 2.06 bits per heavy atom. The lowest BCUT2D eigenvalue weighted by atomic mass is 10.1. The molecule has 0 amide bonds. The minimum Gasteiger partial charge on any atom is -0.479 e. The van der Waals surface area contributed by atoms with Crippen LogP contribution in [0.1, 0.15) is 24.3 Å². The zero-order valence-corrected chi connectivity index (χ0v) is 9.09. The van der Waals surface area contributed by atoms with E-state index in [1.807, 2.05) is 0 Å². The average molecular weight is 228 g/mol. The number of hydrogen-bond acceptors (Lipinski definition) is 6. The normalized spacial score (nSPS) is 11.2. The molecule has 3 N–H and O–H groups in total. The Hall–Kier alpha value is -2.12. The molecular formula is C8H12N4O4. The van der Waals surface area contributed by atoms with Crippen molar-refractivity contribution in [3.05, 3.63) is 5.69 Å². The van der Waals surface area contributed by atoms with Crippen molar-refractivity contribution in [2.45, 2.75) is 19.4 Å². The zero-order valence-electron chi connectivity index (χ0n) is 9.09. The van der Waals surface area contributed by atoms with Gasteiger partial charge in [-0.1, -0.05) is 5.21 Å². The van der Waals surface area contributed by atoms with E-state index < -0.39 is 17.5 Å². The molecule has 8 nitrogen and oxygen atoms in total. The molecule has 0 radical (unpaired) electrons. The first-order valence-corrected chi connectivity index (χ1v) is 4.35. The quantitative estimate of drug-likeness (QED) is 0.667. The number of ether oxygens (including phenoxy) is 1. The van der Waals surface area contributed by atoms with Crippen molar-refractivity contribution >= 4 is 17.8 Å². The fourth-order valence-electron chi connectivity index (χ4n) is 1.03. The van der Waals surface area contributed by atoms with E-state index in [2.05, 4.69) is 15.0 Å². The van der Waals surface area contributed by atoms with E-state index in [0.717, 1.165) is 4.68 Å². The maximum absolute atomic E-state index is 11.2. The smallest absolute Gasteiger partial charge is 0.362 e. The van der Waals surface area contributed by atoms with Crippen LogP contribution >= 0.6 is 0 Å². The number of carboxylic acids is 1. The number of nitrogen functional groups attached to an aromatic ring is 1. The highest BCUT2D eigenvalue weighted by atomic mass is 16.5. The molecule has 0 aliphatic rings. The number of nitrogens with zero attached hydrogens (tertiary/aromatic N) is 3. The Morgan fingerprint density at radius 3 is 2.50 bits per heavy atom. The highest BCUT2D eigenvalue weighted by Gasteiger charge is 2.34. The van der Waals surface area contributed by atoms with Gasteiger partial charge in [0.1, 0.15) is 0 Å². The van der Waals surface area contributed by atoms with Gasteiger partial charge in [0.25, 0.3) is 0 Å². The first kappa shape index (κ1) is 12.0. The van der Waals surface area contributed by atoms with E-state index in [1.54, 1.807) is 0 Å². The molecule has 0 saturated heterocycles. The van der Waals surface area contributed by atoms with Gasteiger partial charge in [0.15, 0.2) is 11.4 Å². The molecule has 1 rings (SSSR count). The van der Waals surface area contributed by atoms with Gasteiger partial charge in [-0.15, -0.1) is 5.10 Å². The predicted octanol–water partition coefficient (Wildman–Crippen LogP) is -0.533. The van der Waals surface area contributed by atoms with Gasteiger partial charge in [0.05, 0.1) is 7.11 Å². The van der Waals surface area contributed by atoms with Crippen LogP contribution in [0.15, 0.2) is 0 Å². The van der Waals surface area contributed by atoms with Crippen LogP contribution in [0.2, 0.25) is 0 Å². The number of carboxylic acid groups (broad SMARTS) is 1. The van der Waals surface area contributed by atoms with Gasteiger partial charge in [-0.25, -0.2) is 14.3 Å². The van der Waals surface area contributed by atoms with Crippen molar-refractivity contribution in [3.63, 3.8) is 0 Å². The van der Waals surface area contributed by atoms with Crippen LogP contribution in [0.5, 0.6) is 0 Å². The van der Waals surface area contributed by atoms with E-state index in [0.29, 0.717) is 0 Å². The molecule has 1 aromatic heterocycles. The number of nitrogens with two attached hydrogens (primary N) is 1. The number of hydrogen-bond donors (Lipinski definition) is 2. The standard InChI is InChI=1S/C8H12N4O4/c1-8(2,7(14)15)12-5(9)4(10-11-12)6(13)16-3/h9H2,1-3H3,(H,14,15). The van der Waals surface area contributed by atoms with Gasteiger partial charge in [-0.3, -0.25) is 0 Å². The summed E-state index contributed by atoms with van der Waals surface area (Å²) in [5.41, 5.74) is 3.99. The molecule has 0 aliphatic heterocycles. The second-order valence-corrected chi connectivity index (χ2v) is 3.59. The van der Waals surface area contributed by atoms with E-state index >= 15 is 0 Å². The summed E-state index contributed by atoms with van der Waals surface area (Å²) in [6.45, 7) is 2.78. The number of methoxy groups -OCH3 is 1. The van der Waals surface area contributed by atoms with Crippen LogP contribution in [0, 0.1) is 0 Å². The Bertz CT molecular complexity index is 437. The predicted molar refractivity (Wildman–Crippen MR) is 52.7 cm³/mol. The molecule has 0 saturated carbocycles. The third-order valence-electron chi connectivity index (χ3n) is 2.14. The summed E-state index contributed by atoms with van der Waals surface area (Å²) in [6.07, 6.45) is 0. The molecule has 8 heteroatoms. The molecule has 0 fully saturated rings. The molecular weight excluding hydrogens is 216 g/mol. The van der Waals surface area contributed by atoms with Gasteiger partial charge in [0.2, 0.25) is 5.69 Å². The SMILES string of the molecule is COC(=O)c1nnn(C(C)(C)C(=O)O)c1N. The summed E-state index contributed by atoms with van der Waals surface area (Å²) in [5.74, 6) is -2.04. The van der Waals surface area contributed by atoms with Crippen LogP contribution < -0.4 is 5.73 Å². The topological polar surface area (TPSA) is 120 Å². The lowest BCUT2D eigenvalue weighted by Gasteiger charge is -2.19. The fraction of sp³-hybridized carbons (Fsp3) is 0.500. The summed E-state index contributed by atoms with van der Waals surface area (Å²) < 4.78 is 5.38. The minimum absolute atomic E-state index is 0.140. The summed E-state index contributed by atoms with van der Waals surface area (Å²) in [7, 11) is 1.17. The van der Waals surface area contributed by atoms with Crippen molar-refractivity contribution in [1.82, 2.24) is 15.0 Å². The summed E-state index contributed by atoms with van der Waals surface area (Å²) in [5, 5.41) is 16.0. The van der Waals surface area contributed by atoms with Crippen LogP contribution in [-0.4, -0.2) is 39.1 Å². The molecule has 88 valence electrons. The van der Waals surface area contributed by atoms with Gasteiger partial charge in [-0.05, 0) is 13.8 Å².